The highest BCUT2D eigenvalue weighted by atomic mass is 32.1. The molecule has 2 aromatic rings. The van der Waals surface area contributed by atoms with Gasteiger partial charge in [-0.15, -0.1) is 11.3 Å². The summed E-state index contributed by atoms with van der Waals surface area (Å²) in [6, 6.07) is 4.43. The summed E-state index contributed by atoms with van der Waals surface area (Å²) in [6.07, 6.45) is -0.817. The monoisotopic (exact) mass is 253 g/mol. The van der Waals surface area contributed by atoms with Crippen molar-refractivity contribution in [1.82, 2.24) is 4.98 Å². The number of rotatable bonds is 4. The van der Waals surface area contributed by atoms with Gasteiger partial charge in [-0.05, 0) is 19.1 Å². The molecule has 1 unspecified atom stereocenters. The molecule has 2 rings (SSSR count). The average Bonchev–Trinajstić information content (AvgIpc) is 2.78. The second-order valence-corrected chi connectivity index (χ2v) is 4.35. The predicted octanol–water partition coefficient (Wildman–Crippen LogP) is 2.91. The molecule has 1 heterocycles. The largest absolute Gasteiger partial charge is 0.487 e. The van der Waals surface area contributed by atoms with Gasteiger partial charge in [0.1, 0.15) is 18.2 Å². The van der Waals surface area contributed by atoms with Gasteiger partial charge in [-0.25, -0.2) is 9.37 Å². The zero-order valence-corrected chi connectivity index (χ0v) is 10.1. The first-order valence-corrected chi connectivity index (χ1v) is 6.08. The van der Waals surface area contributed by atoms with Gasteiger partial charge in [-0.3, -0.25) is 0 Å². The third-order valence-corrected chi connectivity index (χ3v) is 2.93. The van der Waals surface area contributed by atoms with Crippen LogP contribution in [0.5, 0.6) is 5.75 Å². The van der Waals surface area contributed by atoms with Gasteiger partial charge in [0.05, 0.1) is 17.3 Å². The number of nitrogens with zero attached hydrogens (tertiary/aromatic N) is 1. The number of benzene rings is 1. The van der Waals surface area contributed by atoms with Crippen LogP contribution in [0, 0.1) is 5.82 Å². The van der Waals surface area contributed by atoms with Gasteiger partial charge in [0.2, 0.25) is 0 Å². The smallest absolute Gasteiger partial charge is 0.132 e. The van der Waals surface area contributed by atoms with Crippen molar-refractivity contribution < 1.29 is 14.2 Å². The fraction of sp³-hybridized carbons (Fsp3) is 0.250. The number of aromatic nitrogens is 1. The van der Waals surface area contributed by atoms with E-state index in [-0.39, 0.29) is 5.56 Å². The summed E-state index contributed by atoms with van der Waals surface area (Å²) in [7, 11) is 0. The fourth-order valence-electron chi connectivity index (χ4n) is 1.40. The lowest BCUT2D eigenvalue weighted by Crippen LogP contribution is -1.99. The Morgan fingerprint density at radius 3 is 2.94 bits per heavy atom. The van der Waals surface area contributed by atoms with Crippen molar-refractivity contribution in [3.63, 3.8) is 0 Å². The maximum absolute atomic E-state index is 13.5. The summed E-state index contributed by atoms with van der Waals surface area (Å²) in [5.41, 5.74) is 2.80. The number of aliphatic hydroxyl groups is 1. The van der Waals surface area contributed by atoms with E-state index in [0.29, 0.717) is 12.4 Å². The third kappa shape index (κ3) is 3.01. The molecule has 0 bridgehead atoms. The van der Waals surface area contributed by atoms with Gasteiger partial charge in [0, 0.05) is 17.0 Å². The second-order valence-electron chi connectivity index (χ2n) is 3.63. The minimum atomic E-state index is -0.817. The van der Waals surface area contributed by atoms with Crippen LogP contribution in [-0.4, -0.2) is 10.1 Å². The maximum Gasteiger partial charge on any atom is 0.132 e. The lowest BCUT2D eigenvalue weighted by molar-refractivity contribution is 0.193. The number of thiazole rings is 1. The third-order valence-electron chi connectivity index (χ3n) is 2.29. The van der Waals surface area contributed by atoms with Crippen LogP contribution >= 0.6 is 11.3 Å². The van der Waals surface area contributed by atoms with Crippen LogP contribution in [0.1, 0.15) is 24.3 Å². The highest BCUT2D eigenvalue weighted by Crippen LogP contribution is 2.22. The Hall–Kier alpha value is -1.46. The SMILES string of the molecule is CC(O)c1ccc(OCc2cscn2)cc1F. The van der Waals surface area contributed by atoms with Crippen LogP contribution in [-0.2, 0) is 6.61 Å². The molecule has 90 valence electrons. The fourth-order valence-corrected chi connectivity index (χ4v) is 1.95. The molecule has 3 nitrogen and oxygen atoms in total. The number of ether oxygens (including phenoxy) is 1. The first kappa shape index (κ1) is 12.0. The predicted molar refractivity (Wildman–Crippen MR) is 63.5 cm³/mol. The van der Waals surface area contributed by atoms with Crippen molar-refractivity contribution >= 4 is 11.3 Å². The molecule has 0 fully saturated rings. The molecule has 1 aromatic carbocycles. The second kappa shape index (κ2) is 5.25. The highest BCUT2D eigenvalue weighted by Gasteiger charge is 2.09. The zero-order chi connectivity index (χ0) is 12.3. The van der Waals surface area contributed by atoms with Crippen LogP contribution in [0.15, 0.2) is 29.1 Å². The first-order chi connectivity index (χ1) is 8.16. The number of hydrogen-bond donors (Lipinski definition) is 1. The van der Waals surface area contributed by atoms with E-state index in [4.69, 9.17) is 4.74 Å². The van der Waals surface area contributed by atoms with Crippen LogP contribution in [0.25, 0.3) is 0 Å². The van der Waals surface area contributed by atoms with Crippen LogP contribution in [0.2, 0.25) is 0 Å². The quantitative estimate of drug-likeness (QED) is 0.911. The van der Waals surface area contributed by atoms with Crippen molar-refractivity contribution in [2.24, 2.45) is 0 Å². The van der Waals surface area contributed by atoms with Gasteiger partial charge in [-0.2, -0.15) is 0 Å². The van der Waals surface area contributed by atoms with E-state index in [1.54, 1.807) is 11.6 Å². The molecule has 0 amide bonds. The molecule has 0 radical (unpaired) electrons. The molecule has 17 heavy (non-hydrogen) atoms. The molecule has 0 aliphatic heterocycles. The number of halogens is 1. The van der Waals surface area contributed by atoms with E-state index in [9.17, 15) is 9.50 Å². The standard InChI is InChI=1S/C12H12FNO2S/c1-8(15)11-3-2-10(4-12(11)13)16-5-9-6-17-7-14-9/h2-4,6-8,15H,5H2,1H3. The van der Waals surface area contributed by atoms with Crippen LogP contribution < -0.4 is 4.74 Å². The summed E-state index contributed by atoms with van der Waals surface area (Å²) in [5.74, 6) is -0.0318. The Labute approximate surface area is 103 Å². The van der Waals surface area contributed by atoms with E-state index in [2.05, 4.69) is 4.98 Å². The lowest BCUT2D eigenvalue weighted by Gasteiger charge is -2.09. The Morgan fingerprint density at radius 1 is 1.53 bits per heavy atom. The van der Waals surface area contributed by atoms with Crippen molar-refractivity contribution in [2.45, 2.75) is 19.6 Å². The van der Waals surface area contributed by atoms with Gasteiger partial charge < -0.3 is 9.84 Å². The van der Waals surface area contributed by atoms with Crippen molar-refractivity contribution in [1.29, 1.82) is 0 Å². The Balaban J connectivity index is 2.05. The molecule has 0 aliphatic carbocycles. The van der Waals surface area contributed by atoms with Crippen molar-refractivity contribution in [3.8, 4) is 5.75 Å². The summed E-state index contributed by atoms with van der Waals surface area (Å²) < 4.78 is 18.9. The van der Waals surface area contributed by atoms with E-state index in [1.807, 2.05) is 5.38 Å². The molecule has 0 spiro atoms. The molecule has 0 saturated heterocycles. The Morgan fingerprint density at radius 2 is 2.35 bits per heavy atom. The summed E-state index contributed by atoms with van der Waals surface area (Å²) in [6.45, 7) is 1.84. The summed E-state index contributed by atoms with van der Waals surface area (Å²) in [4.78, 5) is 4.06. The average molecular weight is 253 g/mol. The number of hydrogen-bond acceptors (Lipinski definition) is 4. The summed E-state index contributed by atoms with van der Waals surface area (Å²) in [5, 5.41) is 11.2. The van der Waals surface area contributed by atoms with Crippen molar-refractivity contribution in [3.05, 3.63) is 46.2 Å². The molecule has 1 N–H and O–H groups in total. The molecular formula is C12H12FNO2S. The van der Waals surface area contributed by atoms with Crippen LogP contribution in [0.3, 0.4) is 0 Å². The van der Waals surface area contributed by atoms with Crippen LogP contribution in [0.4, 0.5) is 4.39 Å². The zero-order valence-electron chi connectivity index (χ0n) is 9.26. The van der Waals surface area contributed by atoms with Gasteiger partial charge in [0.25, 0.3) is 0 Å². The molecule has 1 aromatic heterocycles. The van der Waals surface area contributed by atoms with E-state index in [0.717, 1.165) is 5.69 Å². The topological polar surface area (TPSA) is 42.4 Å². The minimum Gasteiger partial charge on any atom is -0.487 e. The van der Waals surface area contributed by atoms with Gasteiger partial charge in [-0.1, -0.05) is 0 Å². The molecule has 5 heteroatoms. The van der Waals surface area contributed by atoms with E-state index >= 15 is 0 Å². The normalized spacial score (nSPS) is 12.4. The van der Waals surface area contributed by atoms with Gasteiger partial charge >= 0.3 is 0 Å². The number of aliphatic hydroxyl groups excluding tert-OH is 1. The molecule has 0 aliphatic rings. The Kier molecular flexibility index (Phi) is 3.71. The van der Waals surface area contributed by atoms with Gasteiger partial charge in [0.15, 0.2) is 0 Å². The first-order valence-electron chi connectivity index (χ1n) is 5.14. The van der Waals surface area contributed by atoms with E-state index in [1.165, 1.54) is 30.4 Å². The lowest BCUT2D eigenvalue weighted by atomic mass is 10.1. The van der Waals surface area contributed by atoms with E-state index < -0.39 is 11.9 Å². The Bertz CT molecular complexity index is 485. The molecule has 1 atom stereocenters. The molecule has 0 saturated carbocycles. The maximum atomic E-state index is 13.5. The summed E-state index contributed by atoms with van der Waals surface area (Å²) >= 11 is 1.49. The minimum absolute atomic E-state index is 0.269. The van der Waals surface area contributed by atoms with Crippen molar-refractivity contribution in [2.75, 3.05) is 0 Å². The highest BCUT2D eigenvalue weighted by molar-refractivity contribution is 7.07. The molecular weight excluding hydrogens is 241 g/mol.